The molecule has 0 aliphatic carbocycles. The smallest absolute Gasteiger partial charge is 0.253 e. The summed E-state index contributed by atoms with van der Waals surface area (Å²) in [6, 6.07) is 2.26. The number of halogens is 3. The molecule has 61 valence electrons. The number of alkyl halides is 3. The van der Waals surface area contributed by atoms with Gasteiger partial charge in [-0.15, -0.1) is 0 Å². The molecule has 0 saturated carbocycles. The molecule has 0 aliphatic heterocycles. The fraction of sp³-hybridized carbons (Fsp3) is 0.143. The number of rotatable bonds is 0. The lowest BCUT2D eigenvalue weighted by Gasteiger charge is -2.03. The minimum absolute atomic E-state index is 0.124. The van der Waals surface area contributed by atoms with Crippen molar-refractivity contribution in [2.24, 2.45) is 0 Å². The van der Waals surface area contributed by atoms with E-state index in [-0.39, 0.29) is 5.56 Å². The van der Waals surface area contributed by atoms with E-state index >= 15 is 0 Å². The second-order valence-electron chi connectivity index (χ2n) is 1.99. The van der Waals surface area contributed by atoms with Gasteiger partial charge in [-0.05, 0) is 6.07 Å². The average molecular weight is 171 g/mol. The van der Waals surface area contributed by atoms with Crippen molar-refractivity contribution < 1.29 is 13.2 Å². The summed E-state index contributed by atoms with van der Waals surface area (Å²) < 4.78 is 35.8. The molecule has 1 aromatic heterocycles. The van der Waals surface area contributed by atoms with E-state index in [4.69, 9.17) is 5.26 Å². The lowest BCUT2D eigenvalue weighted by atomic mass is 10.2. The quantitative estimate of drug-likeness (QED) is 0.596. The Hall–Kier alpha value is -1.57. The van der Waals surface area contributed by atoms with Gasteiger partial charge in [0.05, 0.1) is 11.1 Å². The minimum Gasteiger partial charge on any atom is -0.253 e. The predicted octanol–water partition coefficient (Wildman–Crippen LogP) is 1.77. The van der Waals surface area contributed by atoms with Crippen LogP contribution in [-0.4, -0.2) is 4.98 Å². The molecular weight excluding hydrogens is 169 g/mol. The second-order valence-corrected chi connectivity index (χ2v) is 1.99. The van der Waals surface area contributed by atoms with Crippen molar-refractivity contribution >= 4 is 0 Å². The summed E-state index contributed by atoms with van der Waals surface area (Å²) in [5.74, 6) is 0. The molecule has 12 heavy (non-hydrogen) atoms. The number of hydrogen-bond acceptors (Lipinski definition) is 2. The van der Waals surface area contributed by atoms with Crippen LogP contribution in [0, 0.1) is 17.5 Å². The highest BCUT2D eigenvalue weighted by Crippen LogP contribution is 2.28. The molecule has 1 heterocycles. The van der Waals surface area contributed by atoms with E-state index in [9.17, 15) is 13.2 Å². The molecule has 0 aromatic carbocycles. The maximum Gasteiger partial charge on any atom is 0.418 e. The maximum absolute atomic E-state index is 11.9. The molecule has 5 heteroatoms. The first-order valence-corrected chi connectivity index (χ1v) is 2.89. The SMILES string of the molecule is N#Cc1cn[c]c(C(F)(F)F)c1. The first kappa shape index (κ1) is 8.53. The summed E-state index contributed by atoms with van der Waals surface area (Å²) in [4.78, 5) is 3.15. The van der Waals surface area contributed by atoms with Gasteiger partial charge in [0.25, 0.3) is 0 Å². The monoisotopic (exact) mass is 171 g/mol. The first-order chi connectivity index (χ1) is 5.54. The van der Waals surface area contributed by atoms with Crippen molar-refractivity contribution in [1.29, 1.82) is 5.26 Å². The number of nitriles is 1. The van der Waals surface area contributed by atoms with E-state index in [1.165, 1.54) is 0 Å². The van der Waals surface area contributed by atoms with E-state index in [0.717, 1.165) is 6.20 Å². The second kappa shape index (κ2) is 2.81. The molecular formula is C7H2F3N2. The van der Waals surface area contributed by atoms with Crippen molar-refractivity contribution in [2.45, 2.75) is 6.18 Å². The third-order valence-corrected chi connectivity index (χ3v) is 1.12. The zero-order valence-electron chi connectivity index (χ0n) is 5.68. The molecule has 0 fully saturated rings. The predicted molar refractivity (Wildman–Crippen MR) is 32.8 cm³/mol. The number of aromatic nitrogens is 1. The Labute approximate surface area is 66.3 Å². The molecule has 0 atom stereocenters. The van der Waals surface area contributed by atoms with Gasteiger partial charge < -0.3 is 0 Å². The van der Waals surface area contributed by atoms with Gasteiger partial charge in [0.15, 0.2) is 0 Å². The van der Waals surface area contributed by atoms with E-state index in [1.54, 1.807) is 12.3 Å². The van der Waals surface area contributed by atoms with E-state index in [1.807, 2.05) is 0 Å². The summed E-state index contributed by atoms with van der Waals surface area (Å²) in [6.45, 7) is 0. The largest absolute Gasteiger partial charge is 0.418 e. The van der Waals surface area contributed by atoms with Gasteiger partial charge >= 0.3 is 6.18 Å². The molecule has 0 aliphatic rings. The topological polar surface area (TPSA) is 36.7 Å². The fourth-order valence-electron chi connectivity index (χ4n) is 0.603. The summed E-state index contributed by atoms with van der Waals surface area (Å²) in [5.41, 5.74) is -1.15. The van der Waals surface area contributed by atoms with Crippen LogP contribution in [0.5, 0.6) is 0 Å². The van der Waals surface area contributed by atoms with E-state index in [0.29, 0.717) is 6.07 Å². The fourth-order valence-corrected chi connectivity index (χ4v) is 0.603. The van der Waals surface area contributed by atoms with Crippen LogP contribution in [0.2, 0.25) is 0 Å². The summed E-state index contributed by atoms with van der Waals surface area (Å²) in [7, 11) is 0. The summed E-state index contributed by atoms with van der Waals surface area (Å²) >= 11 is 0. The Morgan fingerprint density at radius 3 is 2.67 bits per heavy atom. The lowest BCUT2D eigenvalue weighted by molar-refractivity contribution is -0.138. The Bertz CT molecular complexity index is 324. The van der Waals surface area contributed by atoms with Crippen molar-refractivity contribution in [3.8, 4) is 6.07 Å². The van der Waals surface area contributed by atoms with Crippen LogP contribution in [0.3, 0.4) is 0 Å². The molecule has 1 radical (unpaired) electrons. The average Bonchev–Trinajstić information content (AvgIpc) is 2.03. The van der Waals surface area contributed by atoms with Crippen LogP contribution in [0.4, 0.5) is 13.2 Å². The van der Waals surface area contributed by atoms with Crippen LogP contribution in [0.1, 0.15) is 11.1 Å². The van der Waals surface area contributed by atoms with Crippen molar-refractivity contribution in [1.82, 2.24) is 4.98 Å². The highest BCUT2D eigenvalue weighted by atomic mass is 19.4. The van der Waals surface area contributed by atoms with Crippen molar-refractivity contribution in [3.63, 3.8) is 0 Å². The number of hydrogen-bond donors (Lipinski definition) is 0. The van der Waals surface area contributed by atoms with Crippen LogP contribution in [0.25, 0.3) is 0 Å². The van der Waals surface area contributed by atoms with Gasteiger partial charge in [-0.3, -0.25) is 4.98 Å². The molecule has 1 rings (SSSR count). The molecule has 2 nitrogen and oxygen atoms in total. The van der Waals surface area contributed by atoms with Crippen LogP contribution >= 0.6 is 0 Å². The maximum atomic E-state index is 11.9. The molecule has 0 saturated heterocycles. The zero-order chi connectivity index (χ0) is 9.19. The van der Waals surface area contributed by atoms with Gasteiger partial charge in [-0.1, -0.05) is 0 Å². The molecule has 0 amide bonds. The highest BCUT2D eigenvalue weighted by molar-refractivity contribution is 5.29. The Kier molecular flexibility index (Phi) is 2.00. The van der Waals surface area contributed by atoms with Crippen LogP contribution in [-0.2, 0) is 6.18 Å². The minimum atomic E-state index is -4.49. The standard InChI is InChI=1S/C7H2F3N2/c8-7(9,10)6-1-5(2-11)3-12-4-6/h1,3H. The molecule has 0 unspecified atom stereocenters. The normalized spacial score (nSPS) is 10.8. The Morgan fingerprint density at radius 2 is 2.17 bits per heavy atom. The third kappa shape index (κ3) is 1.72. The van der Waals surface area contributed by atoms with Crippen LogP contribution < -0.4 is 0 Å². The van der Waals surface area contributed by atoms with Gasteiger partial charge in [0.1, 0.15) is 12.3 Å². The van der Waals surface area contributed by atoms with Crippen LogP contribution in [0.15, 0.2) is 12.3 Å². The zero-order valence-corrected chi connectivity index (χ0v) is 5.68. The number of pyridine rings is 1. The van der Waals surface area contributed by atoms with Gasteiger partial charge in [-0.25, -0.2) is 0 Å². The van der Waals surface area contributed by atoms with E-state index in [2.05, 4.69) is 4.98 Å². The summed E-state index contributed by atoms with van der Waals surface area (Å²) in [6.07, 6.45) is -1.71. The summed E-state index contributed by atoms with van der Waals surface area (Å²) in [5, 5.41) is 8.26. The van der Waals surface area contributed by atoms with Gasteiger partial charge in [0, 0.05) is 6.20 Å². The Balaban J connectivity index is 3.13. The lowest BCUT2D eigenvalue weighted by Crippen LogP contribution is -2.05. The molecule has 0 bridgehead atoms. The first-order valence-electron chi connectivity index (χ1n) is 2.89. The molecule has 0 spiro atoms. The Morgan fingerprint density at radius 1 is 1.50 bits per heavy atom. The highest BCUT2D eigenvalue weighted by Gasteiger charge is 2.31. The molecule has 1 aromatic rings. The van der Waals surface area contributed by atoms with Crippen molar-refractivity contribution in [3.05, 3.63) is 29.6 Å². The third-order valence-electron chi connectivity index (χ3n) is 1.12. The van der Waals surface area contributed by atoms with Gasteiger partial charge in [-0.2, -0.15) is 18.4 Å². The van der Waals surface area contributed by atoms with Crippen molar-refractivity contribution in [2.75, 3.05) is 0 Å². The van der Waals surface area contributed by atoms with E-state index < -0.39 is 11.7 Å². The molecule has 0 N–H and O–H groups in total. The number of nitrogens with zero attached hydrogens (tertiary/aromatic N) is 2. The van der Waals surface area contributed by atoms with Gasteiger partial charge in [0.2, 0.25) is 0 Å².